The molecule has 2 heterocycles. The lowest BCUT2D eigenvalue weighted by Crippen LogP contribution is -2.26. The standard InChI is InChI=1S/C28H31NO4S/c1-2-19-13-14-29(18-19)15-16-32-24-10-5-20(6-11-24)27-28(21-3-7-22(30)8-4-21)34-26-17-23(31)9-12-25(26)33-27/h3-12,17,19,27-28,30-31H,2,13-16,18H2,1H3/t19-,27?,28-/m1/s1. The molecule has 2 N–H and O–H groups in total. The maximum Gasteiger partial charge on any atom is 0.140 e. The van der Waals surface area contributed by atoms with Crippen LogP contribution in [0.15, 0.2) is 71.6 Å². The minimum absolute atomic E-state index is 0.0247. The Bertz CT molecular complexity index is 1100. The molecule has 1 saturated heterocycles. The highest BCUT2D eigenvalue weighted by atomic mass is 32.2. The quantitative estimate of drug-likeness (QED) is 0.424. The molecule has 0 aliphatic carbocycles. The fraction of sp³-hybridized carbons (Fsp3) is 0.357. The monoisotopic (exact) mass is 477 g/mol. The van der Waals surface area contributed by atoms with Crippen LogP contribution in [0.5, 0.6) is 23.0 Å². The highest BCUT2D eigenvalue weighted by Gasteiger charge is 2.33. The molecule has 2 aliphatic rings. The van der Waals surface area contributed by atoms with Crippen molar-refractivity contribution in [1.82, 2.24) is 4.90 Å². The van der Waals surface area contributed by atoms with Crippen molar-refractivity contribution in [3.63, 3.8) is 0 Å². The lowest BCUT2D eigenvalue weighted by molar-refractivity contribution is 0.190. The summed E-state index contributed by atoms with van der Waals surface area (Å²) >= 11 is 1.66. The summed E-state index contributed by atoms with van der Waals surface area (Å²) in [6, 6.07) is 20.6. The Hall–Kier alpha value is -2.83. The summed E-state index contributed by atoms with van der Waals surface area (Å²) in [5.74, 6) is 2.92. The van der Waals surface area contributed by atoms with E-state index in [0.717, 1.165) is 40.0 Å². The number of ether oxygens (including phenoxy) is 2. The van der Waals surface area contributed by atoms with Gasteiger partial charge in [-0.1, -0.05) is 37.6 Å². The number of phenolic OH excluding ortho intramolecular Hbond substituents is 2. The molecule has 2 aliphatic heterocycles. The van der Waals surface area contributed by atoms with Crippen LogP contribution in [0.25, 0.3) is 0 Å². The van der Waals surface area contributed by atoms with E-state index >= 15 is 0 Å². The number of rotatable bonds is 7. The second kappa shape index (κ2) is 10.2. The lowest BCUT2D eigenvalue weighted by atomic mass is 10.00. The van der Waals surface area contributed by atoms with Gasteiger partial charge in [-0.3, -0.25) is 4.90 Å². The van der Waals surface area contributed by atoms with Crippen molar-refractivity contribution in [2.75, 3.05) is 26.2 Å². The van der Waals surface area contributed by atoms with Crippen LogP contribution in [0.1, 0.15) is 42.2 Å². The van der Waals surface area contributed by atoms with Gasteiger partial charge in [0.2, 0.25) is 0 Å². The molecule has 1 fully saturated rings. The summed E-state index contributed by atoms with van der Waals surface area (Å²) in [4.78, 5) is 3.40. The number of hydrogen-bond donors (Lipinski definition) is 2. The van der Waals surface area contributed by atoms with Crippen molar-refractivity contribution in [3.8, 4) is 23.0 Å². The van der Waals surface area contributed by atoms with E-state index in [0.29, 0.717) is 6.61 Å². The maximum atomic E-state index is 9.94. The molecule has 3 atom stereocenters. The van der Waals surface area contributed by atoms with Gasteiger partial charge in [-0.2, -0.15) is 0 Å². The number of thioether (sulfide) groups is 1. The highest BCUT2D eigenvalue weighted by Crippen LogP contribution is 2.54. The molecule has 3 aromatic rings. The summed E-state index contributed by atoms with van der Waals surface area (Å²) in [6.07, 6.45) is 2.35. The molecule has 0 aromatic heterocycles. The van der Waals surface area contributed by atoms with Gasteiger partial charge in [-0.25, -0.2) is 0 Å². The summed E-state index contributed by atoms with van der Waals surface area (Å²) in [5, 5.41) is 19.7. The lowest BCUT2D eigenvalue weighted by Gasteiger charge is -2.34. The number of benzene rings is 3. The number of nitrogens with zero attached hydrogens (tertiary/aromatic N) is 1. The third kappa shape index (κ3) is 5.13. The Balaban J connectivity index is 1.30. The number of likely N-dealkylation sites (tertiary alicyclic amines) is 1. The minimum atomic E-state index is -0.212. The van der Waals surface area contributed by atoms with Gasteiger partial charge in [0.15, 0.2) is 0 Å². The zero-order valence-electron chi connectivity index (χ0n) is 19.4. The van der Waals surface area contributed by atoms with E-state index in [1.54, 1.807) is 36.0 Å². The first kappa shape index (κ1) is 22.9. The van der Waals surface area contributed by atoms with E-state index in [2.05, 4.69) is 24.0 Å². The van der Waals surface area contributed by atoms with E-state index in [1.165, 1.54) is 25.9 Å². The third-order valence-corrected chi connectivity index (χ3v) is 8.11. The largest absolute Gasteiger partial charge is 0.508 e. The van der Waals surface area contributed by atoms with E-state index in [-0.39, 0.29) is 22.9 Å². The first-order valence-electron chi connectivity index (χ1n) is 12.0. The summed E-state index contributed by atoms with van der Waals surface area (Å²) in [5.41, 5.74) is 2.11. The third-order valence-electron chi connectivity index (χ3n) is 6.76. The molecule has 0 amide bonds. The van der Waals surface area contributed by atoms with Crippen LogP contribution >= 0.6 is 11.8 Å². The number of aromatic hydroxyl groups is 2. The van der Waals surface area contributed by atoms with Gasteiger partial charge in [-0.05, 0) is 72.5 Å². The van der Waals surface area contributed by atoms with Crippen LogP contribution in [0.4, 0.5) is 0 Å². The molecular weight excluding hydrogens is 446 g/mol. The van der Waals surface area contributed by atoms with Crippen LogP contribution in [0, 0.1) is 5.92 Å². The van der Waals surface area contributed by atoms with Crippen molar-refractivity contribution >= 4 is 11.8 Å². The van der Waals surface area contributed by atoms with Crippen molar-refractivity contribution < 1.29 is 19.7 Å². The average molecular weight is 478 g/mol. The van der Waals surface area contributed by atoms with Gasteiger partial charge in [0.25, 0.3) is 0 Å². The van der Waals surface area contributed by atoms with Gasteiger partial charge < -0.3 is 19.7 Å². The fourth-order valence-electron chi connectivity index (χ4n) is 4.73. The smallest absolute Gasteiger partial charge is 0.140 e. The highest BCUT2D eigenvalue weighted by molar-refractivity contribution is 7.99. The number of phenols is 2. The first-order valence-corrected chi connectivity index (χ1v) is 12.9. The molecule has 3 aromatic carbocycles. The van der Waals surface area contributed by atoms with Gasteiger partial charge in [-0.15, -0.1) is 11.8 Å². The average Bonchev–Trinajstić information content (AvgIpc) is 3.32. The molecule has 0 radical (unpaired) electrons. The molecule has 5 nitrogen and oxygen atoms in total. The van der Waals surface area contributed by atoms with Crippen molar-refractivity contribution in [2.45, 2.75) is 36.0 Å². The Morgan fingerprint density at radius 2 is 1.71 bits per heavy atom. The molecular formula is C28H31NO4S. The minimum Gasteiger partial charge on any atom is -0.508 e. The molecule has 6 heteroatoms. The Morgan fingerprint density at radius 3 is 2.44 bits per heavy atom. The number of hydrogen-bond acceptors (Lipinski definition) is 6. The van der Waals surface area contributed by atoms with Crippen LogP contribution in [-0.4, -0.2) is 41.4 Å². The predicted octanol–water partition coefficient (Wildman–Crippen LogP) is 6.18. The van der Waals surface area contributed by atoms with Crippen molar-refractivity contribution in [1.29, 1.82) is 0 Å². The zero-order valence-corrected chi connectivity index (χ0v) is 20.2. The van der Waals surface area contributed by atoms with Crippen LogP contribution in [-0.2, 0) is 0 Å². The fourth-order valence-corrected chi connectivity index (χ4v) is 6.05. The van der Waals surface area contributed by atoms with Crippen LogP contribution in [0.2, 0.25) is 0 Å². The topological polar surface area (TPSA) is 62.2 Å². The van der Waals surface area contributed by atoms with Gasteiger partial charge in [0.1, 0.15) is 35.7 Å². The second-order valence-corrected chi connectivity index (χ2v) is 10.3. The molecule has 5 rings (SSSR count). The maximum absolute atomic E-state index is 9.94. The molecule has 0 spiro atoms. The van der Waals surface area contributed by atoms with E-state index < -0.39 is 0 Å². The van der Waals surface area contributed by atoms with Crippen molar-refractivity contribution in [2.24, 2.45) is 5.92 Å². The SMILES string of the molecule is CC[C@@H]1CCN(CCOc2ccc(C3Oc4ccc(O)cc4S[C@@H]3c3ccc(O)cc3)cc2)C1. The van der Waals surface area contributed by atoms with Gasteiger partial charge >= 0.3 is 0 Å². The summed E-state index contributed by atoms with van der Waals surface area (Å²) in [7, 11) is 0. The number of fused-ring (bicyclic) bond motifs is 1. The van der Waals surface area contributed by atoms with E-state index in [9.17, 15) is 10.2 Å². The summed E-state index contributed by atoms with van der Waals surface area (Å²) in [6.45, 7) is 6.30. The molecule has 1 unspecified atom stereocenters. The van der Waals surface area contributed by atoms with E-state index in [4.69, 9.17) is 9.47 Å². The normalized spacial score (nSPS) is 22.2. The molecule has 0 bridgehead atoms. The Morgan fingerprint density at radius 1 is 0.971 bits per heavy atom. The first-order chi connectivity index (χ1) is 16.6. The van der Waals surface area contributed by atoms with Crippen molar-refractivity contribution in [3.05, 3.63) is 77.9 Å². The molecule has 0 saturated carbocycles. The van der Waals surface area contributed by atoms with Gasteiger partial charge in [0.05, 0.1) is 10.1 Å². The molecule has 34 heavy (non-hydrogen) atoms. The zero-order chi connectivity index (χ0) is 23.5. The molecule has 178 valence electrons. The summed E-state index contributed by atoms with van der Waals surface area (Å²) < 4.78 is 12.5. The van der Waals surface area contributed by atoms with Gasteiger partial charge in [0, 0.05) is 13.1 Å². The second-order valence-electron chi connectivity index (χ2n) is 9.08. The Labute approximate surface area is 205 Å². The van der Waals surface area contributed by atoms with Crippen LogP contribution < -0.4 is 9.47 Å². The predicted molar refractivity (Wildman–Crippen MR) is 135 cm³/mol. The Kier molecular flexibility index (Phi) is 6.88. The van der Waals surface area contributed by atoms with E-state index in [1.807, 2.05) is 30.3 Å². The van der Waals surface area contributed by atoms with Crippen LogP contribution in [0.3, 0.4) is 0 Å².